The topological polar surface area (TPSA) is 187 Å². The summed E-state index contributed by atoms with van der Waals surface area (Å²) in [5.41, 5.74) is 3.83. The Kier molecular flexibility index (Phi) is 9.60. The summed E-state index contributed by atoms with van der Waals surface area (Å²) in [5.74, 6) is -0.375. The van der Waals surface area contributed by atoms with Crippen LogP contribution in [-0.2, 0) is 24.1 Å². The van der Waals surface area contributed by atoms with Crippen LogP contribution in [0.3, 0.4) is 0 Å². The van der Waals surface area contributed by atoms with E-state index in [1.807, 2.05) is 34.9 Å². The molecule has 0 saturated carbocycles. The summed E-state index contributed by atoms with van der Waals surface area (Å²) in [4.78, 5) is 50.5. The standard InChI is InChI=1S/C25H28N6O6S/c1-14(32)27-23-29-19(20(38-23)13-16-3-8-17(9-4-16)21(33)26-2)12-7-15-5-10-18(11-6-15)28-22(30-24(34)35)31-25(36)37/h3-6,8-11,22,28,30-31H,7,12-13H2,1-2H3,(H,26,33)(H,34,35)(H,36,37)(H,27,29,32)/p-2. The quantitative estimate of drug-likeness (QED) is 0.217. The van der Waals surface area contributed by atoms with Gasteiger partial charge in [0.05, 0.1) is 5.69 Å². The van der Waals surface area contributed by atoms with Crippen LogP contribution in [0.4, 0.5) is 20.4 Å². The largest absolute Gasteiger partial charge is 0.530 e. The number of thiazole rings is 1. The number of rotatable bonds is 11. The number of carbonyl (C=O) groups is 4. The van der Waals surface area contributed by atoms with E-state index in [4.69, 9.17) is 0 Å². The SMILES string of the molecule is CNC(=O)c1ccc(Cc2sc(NC(C)=O)nc2CCc2ccc(NC(NC(=O)[O-])NC(=O)[O-])cc2)cc1. The van der Waals surface area contributed by atoms with Crippen LogP contribution in [0.25, 0.3) is 0 Å². The molecular formula is C25H26N6O6S-2. The summed E-state index contributed by atoms with van der Waals surface area (Å²) < 4.78 is 0. The van der Waals surface area contributed by atoms with Gasteiger partial charge in [-0.2, -0.15) is 0 Å². The van der Waals surface area contributed by atoms with E-state index >= 15 is 0 Å². The minimum Gasteiger partial charge on any atom is -0.530 e. The van der Waals surface area contributed by atoms with Crippen LogP contribution in [0.15, 0.2) is 48.5 Å². The molecule has 38 heavy (non-hydrogen) atoms. The molecule has 12 nitrogen and oxygen atoms in total. The predicted octanol–water partition coefficient (Wildman–Crippen LogP) is 0.398. The highest BCUT2D eigenvalue weighted by Gasteiger charge is 2.14. The molecule has 0 bridgehead atoms. The van der Waals surface area contributed by atoms with Crippen LogP contribution < -0.4 is 36.8 Å². The van der Waals surface area contributed by atoms with Crippen molar-refractivity contribution in [2.24, 2.45) is 0 Å². The van der Waals surface area contributed by atoms with Crippen molar-refractivity contribution in [3.8, 4) is 0 Å². The number of nitrogens with one attached hydrogen (secondary N) is 5. The number of aromatic nitrogens is 1. The third kappa shape index (κ3) is 8.48. The fourth-order valence-corrected chi connectivity index (χ4v) is 4.65. The molecule has 0 fully saturated rings. The van der Waals surface area contributed by atoms with E-state index in [0.717, 1.165) is 21.7 Å². The van der Waals surface area contributed by atoms with Gasteiger partial charge in [0.15, 0.2) is 11.4 Å². The highest BCUT2D eigenvalue weighted by molar-refractivity contribution is 7.15. The van der Waals surface area contributed by atoms with E-state index in [9.17, 15) is 29.4 Å². The second kappa shape index (κ2) is 13.1. The monoisotopic (exact) mass is 538 g/mol. The first-order chi connectivity index (χ1) is 18.1. The van der Waals surface area contributed by atoms with E-state index in [1.165, 1.54) is 18.3 Å². The summed E-state index contributed by atoms with van der Waals surface area (Å²) in [6, 6.07) is 14.3. The van der Waals surface area contributed by atoms with Gasteiger partial charge in [0, 0.05) is 36.5 Å². The molecular weight excluding hydrogens is 512 g/mol. The normalized spacial score (nSPS) is 10.5. The van der Waals surface area contributed by atoms with Crippen LogP contribution in [0.1, 0.15) is 39.0 Å². The zero-order valence-corrected chi connectivity index (χ0v) is 21.4. The fourth-order valence-electron chi connectivity index (χ4n) is 3.57. The zero-order valence-electron chi connectivity index (χ0n) is 20.6. The lowest BCUT2D eigenvalue weighted by Crippen LogP contribution is -2.58. The Labute approximate surface area is 222 Å². The lowest BCUT2D eigenvalue weighted by atomic mass is 10.0. The van der Waals surface area contributed by atoms with Gasteiger partial charge in [0.1, 0.15) is 12.2 Å². The van der Waals surface area contributed by atoms with Gasteiger partial charge >= 0.3 is 0 Å². The third-order valence-electron chi connectivity index (χ3n) is 5.31. The highest BCUT2D eigenvalue weighted by Crippen LogP contribution is 2.27. The van der Waals surface area contributed by atoms with E-state index in [1.54, 1.807) is 31.3 Å². The molecule has 0 radical (unpaired) electrons. The first kappa shape index (κ1) is 27.9. The Morgan fingerprint density at radius 3 is 2.05 bits per heavy atom. The van der Waals surface area contributed by atoms with Gasteiger partial charge in [-0.15, -0.1) is 11.3 Å². The number of hydrogen-bond acceptors (Lipinski definition) is 9. The molecule has 0 unspecified atom stereocenters. The van der Waals surface area contributed by atoms with Crippen molar-refractivity contribution in [3.05, 3.63) is 75.8 Å². The van der Waals surface area contributed by atoms with Crippen molar-refractivity contribution in [2.75, 3.05) is 17.7 Å². The number of anilines is 2. The summed E-state index contributed by atoms with van der Waals surface area (Å²) in [6.45, 7) is 1.42. The maximum Gasteiger partial charge on any atom is 0.251 e. The second-order valence-corrected chi connectivity index (χ2v) is 9.24. The number of nitrogens with zero attached hydrogens (tertiary/aromatic N) is 1. The van der Waals surface area contributed by atoms with Crippen molar-refractivity contribution in [3.63, 3.8) is 0 Å². The Morgan fingerprint density at radius 1 is 0.895 bits per heavy atom. The van der Waals surface area contributed by atoms with Gasteiger partial charge in [-0.3, -0.25) is 9.59 Å². The second-order valence-electron chi connectivity index (χ2n) is 8.16. The fraction of sp³-hybridized carbons (Fsp3) is 0.240. The number of aryl methyl sites for hydroxylation is 2. The molecule has 5 N–H and O–H groups in total. The summed E-state index contributed by atoms with van der Waals surface area (Å²) in [6.07, 6.45) is -2.85. The van der Waals surface area contributed by atoms with Crippen LogP contribution >= 0.6 is 11.3 Å². The number of carbonyl (C=O) groups excluding carboxylic acids is 4. The van der Waals surface area contributed by atoms with Gasteiger partial charge in [-0.1, -0.05) is 24.3 Å². The number of carboxylic acid groups (broad SMARTS) is 2. The molecule has 2 aromatic carbocycles. The van der Waals surface area contributed by atoms with Crippen LogP contribution in [0.2, 0.25) is 0 Å². The number of amides is 4. The molecule has 3 aromatic rings. The summed E-state index contributed by atoms with van der Waals surface area (Å²) >= 11 is 1.40. The van der Waals surface area contributed by atoms with E-state index in [0.29, 0.717) is 35.6 Å². The molecule has 3 rings (SSSR count). The van der Waals surface area contributed by atoms with Crippen molar-refractivity contribution in [1.82, 2.24) is 20.9 Å². The summed E-state index contributed by atoms with van der Waals surface area (Å²) in [7, 11) is 1.58. The number of hydrogen-bond donors (Lipinski definition) is 5. The Hall–Kier alpha value is -4.65. The first-order valence-corrected chi connectivity index (χ1v) is 12.3. The minimum absolute atomic E-state index is 0.162. The lowest BCUT2D eigenvalue weighted by molar-refractivity contribution is -0.255. The smallest absolute Gasteiger partial charge is 0.251 e. The molecule has 13 heteroatoms. The molecule has 0 aliphatic carbocycles. The zero-order chi connectivity index (χ0) is 27.7. The number of benzene rings is 2. The van der Waals surface area contributed by atoms with Gasteiger partial charge in [-0.25, -0.2) is 4.98 Å². The predicted molar refractivity (Wildman–Crippen MR) is 137 cm³/mol. The Morgan fingerprint density at radius 2 is 1.50 bits per heavy atom. The molecule has 0 aliphatic heterocycles. The van der Waals surface area contributed by atoms with Gasteiger partial charge < -0.3 is 46.4 Å². The first-order valence-electron chi connectivity index (χ1n) is 11.5. The van der Waals surface area contributed by atoms with Crippen molar-refractivity contribution < 1.29 is 29.4 Å². The average molecular weight is 539 g/mol. The van der Waals surface area contributed by atoms with Gasteiger partial charge in [-0.05, 0) is 48.2 Å². The molecule has 0 saturated heterocycles. The molecule has 0 aliphatic rings. The van der Waals surface area contributed by atoms with Crippen LogP contribution in [-0.4, -0.2) is 42.3 Å². The van der Waals surface area contributed by atoms with E-state index in [2.05, 4.69) is 20.9 Å². The molecule has 1 heterocycles. The van der Waals surface area contributed by atoms with Crippen molar-refractivity contribution in [2.45, 2.75) is 32.5 Å². The maximum absolute atomic E-state index is 11.8. The molecule has 0 atom stereocenters. The summed E-state index contributed by atoms with van der Waals surface area (Å²) in [5, 5.41) is 33.8. The van der Waals surface area contributed by atoms with Crippen LogP contribution in [0.5, 0.6) is 0 Å². The van der Waals surface area contributed by atoms with E-state index < -0.39 is 18.5 Å². The van der Waals surface area contributed by atoms with Gasteiger partial charge in [0.25, 0.3) is 5.91 Å². The van der Waals surface area contributed by atoms with Gasteiger partial charge in [0.2, 0.25) is 5.91 Å². The van der Waals surface area contributed by atoms with Crippen molar-refractivity contribution >= 4 is 46.2 Å². The molecule has 200 valence electrons. The Bertz CT molecular complexity index is 1280. The molecule has 0 spiro atoms. The molecule has 1 aromatic heterocycles. The highest BCUT2D eigenvalue weighted by atomic mass is 32.1. The van der Waals surface area contributed by atoms with Crippen molar-refractivity contribution in [1.29, 1.82) is 0 Å². The van der Waals surface area contributed by atoms with E-state index in [-0.39, 0.29) is 11.8 Å². The molecule has 4 amide bonds. The maximum atomic E-state index is 11.8. The third-order valence-corrected chi connectivity index (χ3v) is 6.32. The van der Waals surface area contributed by atoms with Crippen LogP contribution in [0, 0.1) is 0 Å². The lowest BCUT2D eigenvalue weighted by Gasteiger charge is -2.24. The average Bonchev–Trinajstić information content (AvgIpc) is 3.22. The Balaban J connectivity index is 1.69. The minimum atomic E-state index is -1.66.